The Kier molecular flexibility index (Phi) is 6.85. The van der Waals surface area contributed by atoms with Crippen LogP contribution < -0.4 is 19.7 Å². The van der Waals surface area contributed by atoms with E-state index in [9.17, 15) is 9.59 Å². The van der Waals surface area contributed by atoms with Crippen molar-refractivity contribution in [3.63, 3.8) is 0 Å². The summed E-state index contributed by atoms with van der Waals surface area (Å²) in [5, 5.41) is 7.17. The lowest BCUT2D eigenvalue weighted by molar-refractivity contribution is -0.125. The molecule has 0 saturated carbocycles. The normalized spacial score (nSPS) is 17.4. The van der Waals surface area contributed by atoms with Gasteiger partial charge in [-0.1, -0.05) is 18.2 Å². The quantitative estimate of drug-likeness (QED) is 0.406. The van der Waals surface area contributed by atoms with Crippen LogP contribution in [0.25, 0.3) is 5.69 Å². The number of aromatic nitrogens is 3. The number of hydrogen-bond donors (Lipinski definition) is 1. The Balaban J connectivity index is 1.49. The first kappa shape index (κ1) is 24.1. The molecule has 0 spiro atoms. The van der Waals surface area contributed by atoms with Gasteiger partial charge < -0.3 is 19.7 Å². The number of carbonyl (C=O) groups is 2. The van der Waals surface area contributed by atoms with Gasteiger partial charge in [-0.05, 0) is 61.0 Å². The van der Waals surface area contributed by atoms with E-state index in [2.05, 4.69) is 15.4 Å². The van der Waals surface area contributed by atoms with Crippen molar-refractivity contribution in [3.8, 4) is 17.2 Å². The summed E-state index contributed by atoms with van der Waals surface area (Å²) in [4.78, 5) is 32.7. The van der Waals surface area contributed by atoms with Crippen LogP contribution in [-0.4, -0.2) is 40.8 Å². The molecule has 4 aromatic rings. The molecule has 37 heavy (non-hydrogen) atoms. The van der Waals surface area contributed by atoms with Gasteiger partial charge in [-0.2, -0.15) is 5.10 Å². The van der Waals surface area contributed by atoms with Gasteiger partial charge in [0.1, 0.15) is 24.2 Å². The largest absolute Gasteiger partial charge is 0.497 e. The first-order valence-corrected chi connectivity index (χ1v) is 11.9. The van der Waals surface area contributed by atoms with E-state index in [1.165, 1.54) is 6.33 Å². The number of anilines is 2. The molecule has 1 fully saturated rings. The number of methoxy groups -OCH3 is 2. The molecule has 1 aliphatic heterocycles. The van der Waals surface area contributed by atoms with E-state index in [1.54, 1.807) is 30.1 Å². The number of nitrogens with one attached hydrogen (secondary N) is 1. The molecular formula is C28H27N5O4. The molecule has 5 rings (SSSR count). The highest BCUT2D eigenvalue weighted by Gasteiger charge is 2.42. The van der Waals surface area contributed by atoms with Crippen molar-refractivity contribution in [3.05, 3.63) is 91.0 Å². The fraction of sp³-hybridized carbons (Fsp3) is 0.214. The van der Waals surface area contributed by atoms with Gasteiger partial charge in [-0.15, -0.1) is 0 Å². The van der Waals surface area contributed by atoms with Crippen LogP contribution in [0.2, 0.25) is 0 Å². The number of carbonyl (C=O) groups excluding carboxylic acids is 2. The molecule has 2 amide bonds. The number of nitrogens with zero attached hydrogens (tertiary/aromatic N) is 4. The van der Waals surface area contributed by atoms with Gasteiger partial charge in [0.25, 0.3) is 0 Å². The van der Waals surface area contributed by atoms with Crippen LogP contribution in [0.3, 0.4) is 0 Å². The Bertz CT molecular complexity index is 1370. The van der Waals surface area contributed by atoms with Crippen LogP contribution in [0, 0.1) is 5.92 Å². The number of benzene rings is 3. The molecule has 9 nitrogen and oxygen atoms in total. The summed E-state index contributed by atoms with van der Waals surface area (Å²) < 4.78 is 12.6. The van der Waals surface area contributed by atoms with Gasteiger partial charge in [0, 0.05) is 23.4 Å². The van der Waals surface area contributed by atoms with Crippen LogP contribution in [0.15, 0.2) is 85.5 Å². The second kappa shape index (κ2) is 10.5. The van der Waals surface area contributed by atoms with Crippen molar-refractivity contribution in [2.45, 2.75) is 18.9 Å². The van der Waals surface area contributed by atoms with E-state index in [1.807, 2.05) is 72.8 Å². The average Bonchev–Trinajstić information content (AvgIpc) is 3.48. The lowest BCUT2D eigenvalue weighted by Gasteiger charge is -2.41. The second-order valence-electron chi connectivity index (χ2n) is 8.67. The summed E-state index contributed by atoms with van der Waals surface area (Å²) in [7, 11) is 3.19. The highest BCUT2D eigenvalue weighted by atomic mass is 16.5. The van der Waals surface area contributed by atoms with Gasteiger partial charge >= 0.3 is 0 Å². The zero-order chi connectivity index (χ0) is 25.8. The van der Waals surface area contributed by atoms with E-state index in [-0.39, 0.29) is 18.2 Å². The molecule has 9 heteroatoms. The third kappa shape index (κ3) is 4.88. The average molecular weight is 498 g/mol. The Labute approximate surface area is 214 Å². The van der Waals surface area contributed by atoms with Gasteiger partial charge in [0.2, 0.25) is 11.8 Å². The molecule has 0 aliphatic carbocycles. The van der Waals surface area contributed by atoms with Crippen molar-refractivity contribution in [2.75, 3.05) is 24.4 Å². The minimum Gasteiger partial charge on any atom is -0.497 e. The van der Waals surface area contributed by atoms with E-state index in [0.717, 1.165) is 11.3 Å². The predicted octanol–water partition coefficient (Wildman–Crippen LogP) is 4.41. The van der Waals surface area contributed by atoms with Crippen molar-refractivity contribution in [1.82, 2.24) is 14.8 Å². The monoisotopic (exact) mass is 497 g/mol. The van der Waals surface area contributed by atoms with Crippen molar-refractivity contribution in [1.29, 1.82) is 0 Å². The molecule has 1 N–H and O–H groups in total. The number of ether oxygens (including phenoxy) is 2. The molecule has 3 aromatic carbocycles. The smallest absolute Gasteiger partial charge is 0.229 e. The molecular weight excluding hydrogens is 470 g/mol. The Hall–Kier alpha value is -4.66. The van der Waals surface area contributed by atoms with Crippen LogP contribution >= 0.6 is 0 Å². The molecule has 0 radical (unpaired) electrons. The van der Waals surface area contributed by atoms with Crippen LogP contribution in [0.1, 0.15) is 24.4 Å². The number of hydrogen-bond acceptors (Lipinski definition) is 6. The SMILES string of the molecule is COc1ccc(N2C(=O)CC[C@H](C(=O)Nc3ccc(-n4cncn4)cc3)[C@H]2c2ccccc2OC)cc1. The zero-order valence-corrected chi connectivity index (χ0v) is 20.6. The fourth-order valence-electron chi connectivity index (χ4n) is 4.75. The lowest BCUT2D eigenvalue weighted by Crippen LogP contribution is -2.47. The minimum atomic E-state index is -0.555. The van der Waals surface area contributed by atoms with Crippen LogP contribution in [0.5, 0.6) is 11.5 Å². The summed E-state index contributed by atoms with van der Waals surface area (Å²) in [6.07, 6.45) is 3.74. The van der Waals surface area contributed by atoms with E-state index >= 15 is 0 Å². The fourth-order valence-corrected chi connectivity index (χ4v) is 4.75. The topological polar surface area (TPSA) is 98.6 Å². The number of rotatable bonds is 7. The van der Waals surface area contributed by atoms with Crippen molar-refractivity contribution < 1.29 is 19.1 Å². The summed E-state index contributed by atoms with van der Waals surface area (Å²) in [6.45, 7) is 0. The van der Waals surface area contributed by atoms with Gasteiger partial charge in [0.15, 0.2) is 0 Å². The third-order valence-corrected chi connectivity index (χ3v) is 6.56. The van der Waals surface area contributed by atoms with Crippen LogP contribution in [-0.2, 0) is 9.59 Å². The standard InChI is InChI=1S/C28H27N5O4/c1-36-22-13-11-21(12-14-22)33-26(34)16-15-24(27(33)23-5-3-4-6-25(23)37-2)28(35)31-19-7-9-20(10-8-19)32-18-29-17-30-32/h3-14,17-18,24,27H,15-16H2,1-2H3,(H,31,35)/t24-,27+/m0/s1. The van der Waals surface area contributed by atoms with Crippen LogP contribution in [0.4, 0.5) is 11.4 Å². The van der Waals surface area contributed by atoms with Gasteiger partial charge in [-0.3, -0.25) is 9.59 Å². The Morgan fingerprint density at radius 1 is 0.946 bits per heavy atom. The second-order valence-corrected chi connectivity index (χ2v) is 8.67. The van der Waals surface area contributed by atoms with Crippen molar-refractivity contribution >= 4 is 23.2 Å². The summed E-state index contributed by atoms with van der Waals surface area (Å²) >= 11 is 0. The van der Waals surface area contributed by atoms with Crippen molar-refractivity contribution in [2.24, 2.45) is 5.92 Å². The van der Waals surface area contributed by atoms with E-state index in [0.29, 0.717) is 29.3 Å². The molecule has 2 heterocycles. The first-order valence-electron chi connectivity index (χ1n) is 11.9. The Morgan fingerprint density at radius 3 is 2.35 bits per heavy atom. The highest BCUT2D eigenvalue weighted by molar-refractivity contribution is 6.00. The van der Waals surface area contributed by atoms with Gasteiger partial charge in [0.05, 0.1) is 31.9 Å². The summed E-state index contributed by atoms with van der Waals surface area (Å²) in [5.41, 5.74) is 2.95. The zero-order valence-electron chi connectivity index (χ0n) is 20.6. The third-order valence-electron chi connectivity index (χ3n) is 6.56. The number of amides is 2. The Morgan fingerprint density at radius 2 is 1.68 bits per heavy atom. The van der Waals surface area contributed by atoms with E-state index in [4.69, 9.17) is 9.47 Å². The maximum atomic E-state index is 13.7. The number of piperidine rings is 1. The molecule has 2 atom stereocenters. The number of para-hydroxylation sites is 1. The molecule has 1 aliphatic rings. The molecule has 0 bridgehead atoms. The first-order chi connectivity index (χ1) is 18.1. The van der Waals surface area contributed by atoms with Gasteiger partial charge in [-0.25, -0.2) is 9.67 Å². The lowest BCUT2D eigenvalue weighted by atomic mass is 9.82. The summed E-state index contributed by atoms with van der Waals surface area (Å²) in [6, 6.07) is 21.6. The molecule has 1 saturated heterocycles. The minimum absolute atomic E-state index is 0.0534. The van der Waals surface area contributed by atoms with E-state index < -0.39 is 12.0 Å². The predicted molar refractivity (Wildman–Crippen MR) is 139 cm³/mol. The molecule has 1 aromatic heterocycles. The maximum absolute atomic E-state index is 13.7. The maximum Gasteiger partial charge on any atom is 0.229 e. The highest BCUT2D eigenvalue weighted by Crippen LogP contribution is 2.43. The molecule has 188 valence electrons. The molecule has 0 unspecified atom stereocenters. The summed E-state index contributed by atoms with van der Waals surface area (Å²) in [5.74, 6) is 0.574.